The van der Waals surface area contributed by atoms with E-state index in [4.69, 9.17) is 0 Å². The van der Waals surface area contributed by atoms with Crippen molar-refractivity contribution in [3.05, 3.63) is 0 Å². The van der Waals surface area contributed by atoms with Gasteiger partial charge in [-0.2, -0.15) is 0 Å². The first-order valence-electron chi connectivity index (χ1n) is 7.29. The van der Waals surface area contributed by atoms with Gasteiger partial charge in [-0.05, 0) is 37.5 Å². The maximum absolute atomic E-state index is 12.5. The van der Waals surface area contributed by atoms with Gasteiger partial charge in [-0.25, -0.2) is 0 Å². The molecule has 4 heteroatoms. The molecule has 0 aromatic heterocycles. The first-order valence-corrected chi connectivity index (χ1v) is 7.29. The fraction of sp³-hybridized carbons (Fsp3) is 0.857. The number of hydrogen-bond donors (Lipinski definition) is 1. The number of piperazine rings is 1. The molecule has 0 radical (unpaired) electrons. The summed E-state index contributed by atoms with van der Waals surface area (Å²) < 4.78 is 0. The SMILES string of the molecule is CCC(CC1CC1)N1CC(=O)NC(C2CC2)C1=O. The van der Waals surface area contributed by atoms with E-state index in [2.05, 4.69) is 12.2 Å². The fourth-order valence-electron chi connectivity index (χ4n) is 3.00. The molecule has 2 unspecified atom stereocenters. The molecule has 1 heterocycles. The smallest absolute Gasteiger partial charge is 0.246 e. The van der Waals surface area contributed by atoms with Crippen LogP contribution in [0.15, 0.2) is 0 Å². The zero-order chi connectivity index (χ0) is 12.7. The number of carbonyl (C=O) groups excluding carboxylic acids is 2. The van der Waals surface area contributed by atoms with E-state index in [9.17, 15) is 9.59 Å². The minimum atomic E-state index is -0.223. The van der Waals surface area contributed by atoms with Crippen LogP contribution in [0.25, 0.3) is 0 Å². The van der Waals surface area contributed by atoms with E-state index >= 15 is 0 Å². The number of nitrogens with zero attached hydrogens (tertiary/aromatic N) is 1. The van der Waals surface area contributed by atoms with Gasteiger partial charge in [0.15, 0.2) is 0 Å². The van der Waals surface area contributed by atoms with Crippen LogP contribution in [0.3, 0.4) is 0 Å². The number of hydrogen-bond acceptors (Lipinski definition) is 2. The number of amides is 2. The Morgan fingerprint density at radius 3 is 2.56 bits per heavy atom. The summed E-state index contributed by atoms with van der Waals surface area (Å²) in [6.07, 6.45) is 6.83. The molecule has 2 amide bonds. The predicted octanol–water partition coefficient (Wildman–Crippen LogP) is 1.30. The highest BCUT2D eigenvalue weighted by Gasteiger charge is 2.44. The van der Waals surface area contributed by atoms with Crippen molar-refractivity contribution in [3.63, 3.8) is 0 Å². The highest BCUT2D eigenvalue weighted by Crippen LogP contribution is 2.38. The minimum absolute atomic E-state index is 0.0285. The molecular formula is C14H22N2O2. The van der Waals surface area contributed by atoms with Crippen LogP contribution in [0, 0.1) is 11.8 Å². The lowest BCUT2D eigenvalue weighted by Crippen LogP contribution is -2.61. The first-order chi connectivity index (χ1) is 8.69. The van der Waals surface area contributed by atoms with Crippen LogP contribution >= 0.6 is 0 Å². The minimum Gasteiger partial charge on any atom is -0.342 e. The summed E-state index contributed by atoms with van der Waals surface area (Å²) in [6.45, 7) is 2.40. The van der Waals surface area contributed by atoms with Crippen LogP contribution in [0.1, 0.15) is 45.4 Å². The van der Waals surface area contributed by atoms with Crippen molar-refractivity contribution in [3.8, 4) is 0 Å². The highest BCUT2D eigenvalue weighted by atomic mass is 16.2. The van der Waals surface area contributed by atoms with Crippen molar-refractivity contribution in [1.29, 1.82) is 0 Å². The Hall–Kier alpha value is -1.06. The van der Waals surface area contributed by atoms with Gasteiger partial charge in [-0.1, -0.05) is 19.8 Å². The van der Waals surface area contributed by atoms with Crippen LogP contribution in [-0.4, -0.2) is 35.3 Å². The molecule has 4 nitrogen and oxygen atoms in total. The van der Waals surface area contributed by atoms with E-state index in [-0.39, 0.29) is 30.4 Å². The van der Waals surface area contributed by atoms with Crippen molar-refractivity contribution in [2.24, 2.45) is 11.8 Å². The third-order valence-corrected chi connectivity index (χ3v) is 4.49. The molecule has 1 N–H and O–H groups in total. The average molecular weight is 250 g/mol. The van der Waals surface area contributed by atoms with Gasteiger partial charge in [0.05, 0.1) is 6.54 Å². The van der Waals surface area contributed by atoms with Gasteiger partial charge >= 0.3 is 0 Å². The van der Waals surface area contributed by atoms with Crippen molar-refractivity contribution in [2.75, 3.05) is 6.54 Å². The topological polar surface area (TPSA) is 49.4 Å². The molecular weight excluding hydrogens is 228 g/mol. The van der Waals surface area contributed by atoms with Crippen LogP contribution in [-0.2, 0) is 9.59 Å². The molecule has 0 bridgehead atoms. The van der Waals surface area contributed by atoms with Crippen LogP contribution in [0.5, 0.6) is 0 Å². The van der Waals surface area contributed by atoms with Crippen LogP contribution < -0.4 is 5.32 Å². The van der Waals surface area contributed by atoms with Gasteiger partial charge in [0.25, 0.3) is 0 Å². The number of carbonyl (C=O) groups is 2. The molecule has 1 saturated heterocycles. The first kappa shape index (κ1) is 12.0. The molecule has 2 saturated carbocycles. The Morgan fingerprint density at radius 1 is 1.28 bits per heavy atom. The molecule has 2 atom stereocenters. The third-order valence-electron chi connectivity index (χ3n) is 4.49. The Balaban J connectivity index is 1.70. The predicted molar refractivity (Wildman–Crippen MR) is 67.8 cm³/mol. The molecule has 3 rings (SSSR count). The average Bonchev–Trinajstić information content (AvgIpc) is 3.22. The lowest BCUT2D eigenvalue weighted by Gasteiger charge is -2.38. The monoisotopic (exact) mass is 250 g/mol. The van der Waals surface area contributed by atoms with Crippen LogP contribution in [0.2, 0.25) is 0 Å². The van der Waals surface area contributed by atoms with E-state index in [0.29, 0.717) is 5.92 Å². The normalized spacial score (nSPS) is 30.3. The molecule has 1 aliphatic heterocycles. The van der Waals surface area contributed by atoms with Crippen molar-refractivity contribution < 1.29 is 9.59 Å². The summed E-state index contributed by atoms with van der Waals surface area (Å²) in [4.78, 5) is 26.1. The third kappa shape index (κ3) is 2.38. The fourth-order valence-corrected chi connectivity index (χ4v) is 3.00. The van der Waals surface area contributed by atoms with Gasteiger partial charge in [0.1, 0.15) is 6.04 Å². The van der Waals surface area contributed by atoms with Gasteiger partial charge in [0.2, 0.25) is 11.8 Å². The van der Waals surface area contributed by atoms with E-state index in [1.807, 2.05) is 4.90 Å². The lowest BCUT2D eigenvalue weighted by molar-refractivity contribution is -0.147. The van der Waals surface area contributed by atoms with Gasteiger partial charge < -0.3 is 10.2 Å². The maximum atomic E-state index is 12.5. The van der Waals surface area contributed by atoms with E-state index in [1.165, 1.54) is 12.8 Å². The molecule has 0 spiro atoms. The zero-order valence-corrected chi connectivity index (χ0v) is 11.0. The Labute approximate surface area is 108 Å². The van der Waals surface area contributed by atoms with E-state index < -0.39 is 0 Å². The van der Waals surface area contributed by atoms with Gasteiger partial charge in [0, 0.05) is 6.04 Å². The van der Waals surface area contributed by atoms with Crippen molar-refractivity contribution >= 4 is 11.8 Å². The summed E-state index contributed by atoms with van der Waals surface area (Å²) in [5.41, 5.74) is 0. The Kier molecular flexibility index (Phi) is 3.04. The molecule has 0 aromatic carbocycles. The largest absolute Gasteiger partial charge is 0.342 e. The van der Waals surface area contributed by atoms with Crippen LogP contribution in [0.4, 0.5) is 0 Å². The Bertz CT molecular complexity index is 361. The summed E-state index contributed by atoms with van der Waals surface area (Å²) in [5.74, 6) is 1.40. The summed E-state index contributed by atoms with van der Waals surface area (Å²) in [5, 5.41) is 2.88. The zero-order valence-electron chi connectivity index (χ0n) is 11.0. The lowest BCUT2D eigenvalue weighted by atomic mass is 10.0. The second-order valence-electron chi connectivity index (χ2n) is 6.09. The maximum Gasteiger partial charge on any atom is 0.246 e. The second-order valence-corrected chi connectivity index (χ2v) is 6.09. The number of nitrogens with one attached hydrogen (secondary N) is 1. The molecule has 2 aliphatic carbocycles. The van der Waals surface area contributed by atoms with Crippen molar-refractivity contribution in [2.45, 2.75) is 57.5 Å². The molecule has 100 valence electrons. The second kappa shape index (κ2) is 4.56. The number of rotatable bonds is 5. The van der Waals surface area contributed by atoms with Gasteiger partial charge in [-0.15, -0.1) is 0 Å². The van der Waals surface area contributed by atoms with Gasteiger partial charge in [-0.3, -0.25) is 9.59 Å². The molecule has 0 aromatic rings. The molecule has 3 aliphatic rings. The van der Waals surface area contributed by atoms with E-state index in [0.717, 1.165) is 31.6 Å². The molecule has 18 heavy (non-hydrogen) atoms. The van der Waals surface area contributed by atoms with E-state index in [1.54, 1.807) is 0 Å². The van der Waals surface area contributed by atoms with Crippen molar-refractivity contribution in [1.82, 2.24) is 10.2 Å². The quantitative estimate of drug-likeness (QED) is 0.799. The Morgan fingerprint density at radius 2 is 2.00 bits per heavy atom. The summed E-state index contributed by atoms with van der Waals surface area (Å²) in [6, 6.07) is 0.0526. The summed E-state index contributed by atoms with van der Waals surface area (Å²) in [7, 11) is 0. The highest BCUT2D eigenvalue weighted by molar-refractivity contribution is 5.95. The molecule has 3 fully saturated rings. The summed E-state index contributed by atoms with van der Waals surface area (Å²) >= 11 is 0. The standard InChI is InChI=1S/C14H22N2O2/c1-2-11(7-9-3-4-9)16-8-12(17)15-13(14(16)18)10-5-6-10/h9-11,13H,2-8H2,1H3,(H,15,17).